The lowest BCUT2D eigenvalue weighted by atomic mass is 10.0. The van der Waals surface area contributed by atoms with E-state index >= 15 is 0 Å². The van der Waals surface area contributed by atoms with Crippen LogP contribution in [0.5, 0.6) is 0 Å². The number of para-hydroxylation sites is 1. The SMILES string of the molecule is CC(C)CC(NC(=O)C(N)Cc1c[nH]c2ccccc12)C(=O)NC(Cc1cnc[nH]1)C(=O)NC(CO)C(=O)O. The molecule has 0 bridgehead atoms. The van der Waals surface area contributed by atoms with Gasteiger partial charge in [-0.1, -0.05) is 32.0 Å². The smallest absolute Gasteiger partial charge is 0.328 e. The minimum absolute atomic E-state index is 0.0107. The maximum absolute atomic E-state index is 13.3. The van der Waals surface area contributed by atoms with Gasteiger partial charge in [-0.3, -0.25) is 14.4 Å². The molecule has 39 heavy (non-hydrogen) atoms. The van der Waals surface area contributed by atoms with Gasteiger partial charge in [0, 0.05) is 35.4 Å². The predicted octanol–water partition coefficient (Wildman–Crippen LogP) is -0.419. The lowest BCUT2D eigenvalue weighted by Gasteiger charge is -2.25. The van der Waals surface area contributed by atoms with Crippen molar-refractivity contribution in [1.82, 2.24) is 30.9 Å². The van der Waals surface area contributed by atoms with E-state index in [1.165, 1.54) is 12.5 Å². The molecule has 0 saturated heterocycles. The molecule has 0 radical (unpaired) electrons. The molecule has 3 amide bonds. The Bertz CT molecular complexity index is 1270. The highest BCUT2D eigenvalue weighted by Gasteiger charge is 2.31. The zero-order chi connectivity index (χ0) is 28.5. The normalized spacial score (nSPS) is 14.4. The van der Waals surface area contributed by atoms with Gasteiger partial charge >= 0.3 is 5.97 Å². The standard InChI is InChI=1S/C26H35N7O6/c1-14(2)7-20(31-23(35)18(27)8-15-10-29-19-6-4-3-5-17(15)19)24(36)32-21(9-16-11-28-13-30-16)25(37)33-22(12-34)26(38)39/h3-6,10-11,13-14,18,20-22,29,34H,7-9,12,27H2,1-2H3,(H,28,30)(H,31,35)(H,32,36)(H,33,37)(H,38,39). The molecule has 9 N–H and O–H groups in total. The van der Waals surface area contributed by atoms with E-state index in [9.17, 15) is 29.4 Å². The van der Waals surface area contributed by atoms with E-state index in [0.29, 0.717) is 5.69 Å². The number of nitrogens with two attached hydrogens (primary N) is 1. The summed E-state index contributed by atoms with van der Waals surface area (Å²) in [5.41, 5.74) is 8.50. The number of aromatic amines is 2. The number of hydrogen-bond donors (Lipinski definition) is 8. The zero-order valence-electron chi connectivity index (χ0n) is 21.8. The van der Waals surface area contributed by atoms with Crippen molar-refractivity contribution in [3.8, 4) is 0 Å². The first-order chi connectivity index (χ1) is 18.6. The first-order valence-corrected chi connectivity index (χ1v) is 12.6. The number of benzene rings is 1. The van der Waals surface area contributed by atoms with E-state index in [4.69, 9.17) is 5.73 Å². The molecule has 4 unspecified atom stereocenters. The number of fused-ring (bicyclic) bond motifs is 1. The highest BCUT2D eigenvalue weighted by molar-refractivity contribution is 5.94. The highest BCUT2D eigenvalue weighted by Crippen LogP contribution is 2.19. The van der Waals surface area contributed by atoms with Crippen molar-refractivity contribution in [2.24, 2.45) is 11.7 Å². The fraction of sp³-hybridized carbons (Fsp3) is 0.423. The molecule has 13 heteroatoms. The number of amides is 3. The van der Waals surface area contributed by atoms with Crippen LogP contribution < -0.4 is 21.7 Å². The molecule has 4 atom stereocenters. The number of imidazole rings is 1. The number of carboxylic acid groups (broad SMARTS) is 1. The minimum Gasteiger partial charge on any atom is -0.480 e. The fourth-order valence-corrected chi connectivity index (χ4v) is 4.17. The molecular weight excluding hydrogens is 506 g/mol. The lowest BCUT2D eigenvalue weighted by Crippen LogP contribution is -2.58. The molecule has 0 aliphatic rings. The number of carbonyl (C=O) groups excluding carboxylic acids is 3. The number of aromatic nitrogens is 3. The topological polar surface area (TPSA) is 215 Å². The Labute approximate surface area is 225 Å². The summed E-state index contributed by atoms with van der Waals surface area (Å²) in [6.07, 6.45) is 5.14. The summed E-state index contributed by atoms with van der Waals surface area (Å²) in [6.45, 7) is 2.93. The number of H-pyrrole nitrogens is 2. The average Bonchev–Trinajstić information content (AvgIpc) is 3.56. The van der Waals surface area contributed by atoms with Gasteiger partial charge in [-0.15, -0.1) is 0 Å². The van der Waals surface area contributed by atoms with Crippen LogP contribution in [0.2, 0.25) is 0 Å². The Balaban J connectivity index is 1.72. The van der Waals surface area contributed by atoms with Crippen molar-refractivity contribution in [3.05, 3.63) is 54.2 Å². The highest BCUT2D eigenvalue weighted by atomic mass is 16.4. The summed E-state index contributed by atoms with van der Waals surface area (Å²) < 4.78 is 0. The number of aliphatic carboxylic acids is 1. The largest absolute Gasteiger partial charge is 0.480 e. The van der Waals surface area contributed by atoms with Crippen LogP contribution in [0.25, 0.3) is 10.9 Å². The van der Waals surface area contributed by atoms with E-state index in [1.807, 2.05) is 38.1 Å². The molecule has 2 aromatic heterocycles. The van der Waals surface area contributed by atoms with Crippen molar-refractivity contribution in [2.45, 2.75) is 57.3 Å². The Hall–Kier alpha value is -4.23. The quantitative estimate of drug-likeness (QED) is 0.134. The number of carbonyl (C=O) groups is 4. The van der Waals surface area contributed by atoms with Gasteiger partial charge in [0.1, 0.15) is 18.1 Å². The second-order valence-electron chi connectivity index (χ2n) is 9.78. The predicted molar refractivity (Wildman–Crippen MR) is 142 cm³/mol. The summed E-state index contributed by atoms with van der Waals surface area (Å²) in [6, 6.07) is 2.94. The van der Waals surface area contributed by atoms with E-state index in [-0.39, 0.29) is 25.2 Å². The molecule has 0 aliphatic carbocycles. The van der Waals surface area contributed by atoms with Gasteiger partial charge in [0.15, 0.2) is 0 Å². The van der Waals surface area contributed by atoms with Crippen LogP contribution in [0.4, 0.5) is 0 Å². The molecule has 1 aromatic carbocycles. The molecule has 0 spiro atoms. The van der Waals surface area contributed by atoms with Crippen LogP contribution in [-0.2, 0) is 32.0 Å². The molecule has 210 valence electrons. The van der Waals surface area contributed by atoms with Crippen molar-refractivity contribution in [3.63, 3.8) is 0 Å². The molecular formula is C26H35N7O6. The first kappa shape index (κ1) is 29.3. The average molecular weight is 542 g/mol. The number of nitrogens with one attached hydrogen (secondary N) is 5. The second kappa shape index (κ2) is 13.5. The van der Waals surface area contributed by atoms with Crippen LogP contribution in [0.15, 0.2) is 43.0 Å². The number of hydrogen-bond acceptors (Lipinski definition) is 7. The Morgan fingerprint density at radius 2 is 1.62 bits per heavy atom. The number of rotatable bonds is 14. The summed E-state index contributed by atoms with van der Waals surface area (Å²) in [4.78, 5) is 60.4. The van der Waals surface area contributed by atoms with Gasteiger partial charge in [-0.25, -0.2) is 9.78 Å². The summed E-state index contributed by atoms with van der Waals surface area (Å²) in [7, 11) is 0. The molecule has 0 fully saturated rings. The third-order valence-electron chi connectivity index (χ3n) is 6.20. The van der Waals surface area contributed by atoms with Crippen LogP contribution >= 0.6 is 0 Å². The maximum atomic E-state index is 13.3. The monoisotopic (exact) mass is 541 g/mol. The molecule has 3 aromatic rings. The second-order valence-corrected chi connectivity index (χ2v) is 9.78. The number of carboxylic acids is 1. The van der Waals surface area contributed by atoms with Gasteiger partial charge in [0.05, 0.1) is 19.0 Å². The molecule has 3 rings (SSSR count). The Morgan fingerprint density at radius 1 is 0.949 bits per heavy atom. The van der Waals surface area contributed by atoms with Crippen LogP contribution in [0, 0.1) is 5.92 Å². The zero-order valence-corrected chi connectivity index (χ0v) is 21.8. The van der Waals surface area contributed by atoms with E-state index in [0.717, 1.165) is 16.5 Å². The summed E-state index contributed by atoms with van der Waals surface area (Å²) in [5.74, 6) is -3.39. The molecule has 13 nitrogen and oxygen atoms in total. The van der Waals surface area contributed by atoms with E-state index < -0.39 is 54.5 Å². The van der Waals surface area contributed by atoms with E-state index in [2.05, 4.69) is 30.9 Å². The molecule has 0 aliphatic heterocycles. The van der Waals surface area contributed by atoms with Crippen molar-refractivity contribution < 1.29 is 29.4 Å². The fourth-order valence-electron chi connectivity index (χ4n) is 4.17. The third kappa shape index (κ3) is 8.12. The van der Waals surface area contributed by atoms with Crippen LogP contribution in [0.1, 0.15) is 31.5 Å². The number of nitrogens with zero attached hydrogens (tertiary/aromatic N) is 1. The molecule has 0 saturated carbocycles. The third-order valence-corrected chi connectivity index (χ3v) is 6.20. The van der Waals surface area contributed by atoms with Crippen molar-refractivity contribution >= 4 is 34.6 Å². The first-order valence-electron chi connectivity index (χ1n) is 12.6. The van der Waals surface area contributed by atoms with Crippen LogP contribution in [-0.4, -0.2) is 79.6 Å². The van der Waals surface area contributed by atoms with Gasteiger partial charge in [-0.2, -0.15) is 0 Å². The Kier molecular flexibility index (Phi) is 10.2. The minimum atomic E-state index is -1.55. The van der Waals surface area contributed by atoms with Crippen molar-refractivity contribution in [2.75, 3.05) is 6.61 Å². The maximum Gasteiger partial charge on any atom is 0.328 e. The number of aliphatic hydroxyl groups is 1. The van der Waals surface area contributed by atoms with Crippen molar-refractivity contribution in [1.29, 1.82) is 0 Å². The Morgan fingerprint density at radius 3 is 2.26 bits per heavy atom. The summed E-state index contributed by atoms with van der Waals surface area (Å²) in [5, 5.41) is 27.0. The molecule has 2 heterocycles. The van der Waals surface area contributed by atoms with Gasteiger partial charge in [0.25, 0.3) is 0 Å². The summed E-state index contributed by atoms with van der Waals surface area (Å²) >= 11 is 0. The van der Waals surface area contributed by atoms with Gasteiger partial charge < -0.3 is 41.9 Å². The van der Waals surface area contributed by atoms with E-state index in [1.54, 1.807) is 6.20 Å². The van der Waals surface area contributed by atoms with Crippen LogP contribution in [0.3, 0.4) is 0 Å². The van der Waals surface area contributed by atoms with Gasteiger partial charge in [0.2, 0.25) is 17.7 Å². The lowest BCUT2D eigenvalue weighted by molar-refractivity contribution is -0.143. The van der Waals surface area contributed by atoms with Gasteiger partial charge in [-0.05, 0) is 30.4 Å². The number of aliphatic hydroxyl groups excluding tert-OH is 1.